The first-order valence-electron chi connectivity index (χ1n) is 11.3. The number of aliphatic hydroxyl groups excluding tert-OH is 1. The molecule has 1 fully saturated rings. The zero-order valence-electron chi connectivity index (χ0n) is 18.8. The highest BCUT2D eigenvalue weighted by molar-refractivity contribution is 5.94. The molecule has 1 saturated heterocycles. The summed E-state index contributed by atoms with van der Waals surface area (Å²) in [4.78, 5) is 34.8. The van der Waals surface area contributed by atoms with Crippen molar-refractivity contribution in [1.29, 1.82) is 0 Å². The zero-order valence-corrected chi connectivity index (χ0v) is 18.8. The predicted molar refractivity (Wildman–Crippen MR) is 121 cm³/mol. The molecule has 0 unspecified atom stereocenters. The Balaban J connectivity index is 1.13. The largest absolute Gasteiger partial charge is 0.457 e. The first kappa shape index (κ1) is 22.2. The molecule has 1 aromatic carbocycles. The van der Waals surface area contributed by atoms with Crippen LogP contribution in [0.1, 0.15) is 56.4 Å². The Hall–Kier alpha value is -3.63. The number of nitrogens with zero attached hydrogens (tertiary/aromatic N) is 5. The van der Waals surface area contributed by atoms with Gasteiger partial charge >= 0.3 is 5.97 Å². The van der Waals surface area contributed by atoms with Gasteiger partial charge in [0.05, 0.1) is 17.2 Å². The Kier molecular flexibility index (Phi) is 6.08. The molecule has 10 nitrogen and oxygen atoms in total. The van der Waals surface area contributed by atoms with E-state index in [1.54, 1.807) is 24.5 Å². The number of aliphatic hydroxyl groups is 1. The van der Waals surface area contributed by atoms with Crippen molar-refractivity contribution in [3.8, 4) is 5.82 Å². The Labute approximate surface area is 196 Å². The van der Waals surface area contributed by atoms with Crippen molar-refractivity contribution >= 4 is 11.9 Å². The zero-order chi connectivity index (χ0) is 23.7. The summed E-state index contributed by atoms with van der Waals surface area (Å²) in [5.41, 5.74) is 3.70. The molecule has 0 spiro atoms. The topological polar surface area (TPSA) is 122 Å². The third-order valence-electron chi connectivity index (χ3n) is 6.58. The Morgan fingerprint density at radius 2 is 2.09 bits per heavy atom. The van der Waals surface area contributed by atoms with Gasteiger partial charge in [0.15, 0.2) is 5.82 Å². The molecule has 0 bridgehead atoms. The molecule has 0 saturated carbocycles. The van der Waals surface area contributed by atoms with E-state index < -0.39 is 6.10 Å². The first-order valence-corrected chi connectivity index (χ1v) is 11.3. The average molecular weight is 463 g/mol. The summed E-state index contributed by atoms with van der Waals surface area (Å²) in [5, 5.41) is 18.0. The summed E-state index contributed by atoms with van der Waals surface area (Å²) in [7, 11) is 0. The maximum Gasteiger partial charge on any atom is 0.338 e. The fraction of sp³-hybridized carbons (Fsp3) is 0.375. The highest BCUT2D eigenvalue weighted by Gasteiger charge is 2.27. The molecule has 2 N–H and O–H groups in total. The van der Waals surface area contributed by atoms with Gasteiger partial charge in [0.2, 0.25) is 0 Å². The van der Waals surface area contributed by atoms with E-state index in [1.165, 1.54) is 17.2 Å². The van der Waals surface area contributed by atoms with Crippen LogP contribution >= 0.6 is 0 Å². The van der Waals surface area contributed by atoms with E-state index in [0.717, 1.165) is 42.6 Å². The molecule has 0 radical (unpaired) electrons. The second-order valence-electron chi connectivity index (χ2n) is 8.69. The number of rotatable bonds is 6. The molecular formula is C24H26N6O4. The van der Waals surface area contributed by atoms with Crippen LogP contribution in [0.25, 0.3) is 5.82 Å². The van der Waals surface area contributed by atoms with E-state index in [9.17, 15) is 14.7 Å². The number of pyridine rings is 1. The van der Waals surface area contributed by atoms with E-state index >= 15 is 0 Å². The molecule has 2 aliphatic heterocycles. The SMILES string of the molecule is Cc1c([C@@H](O)CN2CCC(NC(=O)c3ccc(-n4cncn4)nc3)CC2)ccc2c1COC2=O. The fourth-order valence-corrected chi connectivity index (χ4v) is 4.58. The molecule has 1 atom stereocenters. The molecule has 0 aliphatic carbocycles. The molecule has 5 rings (SSSR count). The summed E-state index contributed by atoms with van der Waals surface area (Å²) < 4.78 is 6.64. The summed E-state index contributed by atoms with van der Waals surface area (Å²) in [6.45, 7) is 4.25. The van der Waals surface area contributed by atoms with Gasteiger partial charge in [-0.2, -0.15) is 5.10 Å². The van der Waals surface area contributed by atoms with Gasteiger partial charge in [-0.25, -0.2) is 19.4 Å². The molecule has 2 aromatic heterocycles. The number of hydrogen-bond acceptors (Lipinski definition) is 8. The van der Waals surface area contributed by atoms with Gasteiger partial charge < -0.3 is 20.1 Å². The van der Waals surface area contributed by atoms with Gasteiger partial charge in [0, 0.05) is 37.4 Å². The van der Waals surface area contributed by atoms with E-state index in [-0.39, 0.29) is 24.5 Å². The highest BCUT2D eigenvalue weighted by Crippen LogP contribution is 2.29. The van der Waals surface area contributed by atoms with Gasteiger partial charge in [-0.15, -0.1) is 0 Å². The summed E-state index contributed by atoms with van der Waals surface area (Å²) >= 11 is 0. The number of cyclic esters (lactones) is 1. The lowest BCUT2D eigenvalue weighted by molar-refractivity contribution is 0.0534. The molecule has 1 amide bonds. The molecule has 34 heavy (non-hydrogen) atoms. The van der Waals surface area contributed by atoms with Crippen LogP contribution in [-0.2, 0) is 11.3 Å². The monoisotopic (exact) mass is 462 g/mol. The number of nitrogens with one attached hydrogen (secondary N) is 1. The second-order valence-corrected chi connectivity index (χ2v) is 8.69. The van der Waals surface area contributed by atoms with Crippen LogP contribution in [0, 0.1) is 6.92 Å². The third-order valence-corrected chi connectivity index (χ3v) is 6.58. The molecule has 3 aromatic rings. The molecular weight excluding hydrogens is 436 g/mol. The highest BCUT2D eigenvalue weighted by atomic mass is 16.5. The number of amides is 1. The van der Waals surface area contributed by atoms with Crippen molar-refractivity contribution in [2.75, 3.05) is 19.6 Å². The number of carbonyl (C=O) groups excluding carboxylic acids is 2. The van der Waals surface area contributed by atoms with Crippen LogP contribution in [0.5, 0.6) is 0 Å². The number of hydrogen-bond donors (Lipinski definition) is 2. The molecule has 4 heterocycles. The average Bonchev–Trinajstić information content (AvgIpc) is 3.51. The smallest absolute Gasteiger partial charge is 0.338 e. The second kappa shape index (κ2) is 9.32. The number of β-amino-alcohol motifs (C(OH)–C–C–N with tert-alkyl or cyclic N) is 1. The molecule has 2 aliphatic rings. The maximum absolute atomic E-state index is 12.6. The van der Waals surface area contributed by atoms with Gasteiger partial charge in [0.25, 0.3) is 5.91 Å². The first-order chi connectivity index (χ1) is 16.5. The number of likely N-dealkylation sites (tertiary alicyclic amines) is 1. The number of piperidine rings is 1. The Morgan fingerprint density at radius 1 is 1.26 bits per heavy atom. The van der Waals surface area contributed by atoms with Crippen molar-refractivity contribution < 1.29 is 19.4 Å². The minimum Gasteiger partial charge on any atom is -0.457 e. The van der Waals surface area contributed by atoms with Crippen molar-refractivity contribution in [2.24, 2.45) is 0 Å². The van der Waals surface area contributed by atoms with Gasteiger partial charge in [-0.05, 0) is 49.1 Å². The quantitative estimate of drug-likeness (QED) is 0.530. The van der Waals surface area contributed by atoms with Gasteiger partial charge in [0.1, 0.15) is 19.3 Å². The fourth-order valence-electron chi connectivity index (χ4n) is 4.58. The van der Waals surface area contributed by atoms with Crippen molar-refractivity contribution in [3.05, 3.63) is 70.9 Å². The van der Waals surface area contributed by atoms with Crippen LogP contribution in [0.4, 0.5) is 0 Å². The van der Waals surface area contributed by atoms with Gasteiger partial charge in [-0.3, -0.25) is 4.79 Å². The molecule has 10 heteroatoms. The normalized spacial score (nSPS) is 17.3. The summed E-state index contributed by atoms with van der Waals surface area (Å²) in [6.07, 6.45) is 5.46. The van der Waals surface area contributed by atoms with Crippen LogP contribution in [0.3, 0.4) is 0 Å². The molecule has 176 valence electrons. The predicted octanol–water partition coefficient (Wildman–Crippen LogP) is 1.57. The standard InChI is InChI=1S/C24H26N6O4/c1-15-18(3-4-19-20(15)12-34-24(19)33)21(31)11-29-8-6-17(7-9-29)28-23(32)16-2-5-22(26-10-16)30-14-25-13-27-30/h2-5,10,13-14,17,21,31H,6-9,11-12H2,1H3,(H,28,32)/t21-/m0/s1. The minimum absolute atomic E-state index is 0.0702. The number of ether oxygens (including phenoxy) is 1. The van der Waals surface area contributed by atoms with Crippen LogP contribution in [-0.4, -0.2) is 67.3 Å². The van der Waals surface area contributed by atoms with Crippen LogP contribution in [0.2, 0.25) is 0 Å². The van der Waals surface area contributed by atoms with Crippen LogP contribution < -0.4 is 5.32 Å². The number of carbonyl (C=O) groups is 2. The Bertz CT molecular complexity index is 1190. The number of aromatic nitrogens is 4. The lowest BCUT2D eigenvalue weighted by atomic mass is 9.94. The van der Waals surface area contributed by atoms with Gasteiger partial charge in [-0.1, -0.05) is 6.07 Å². The Morgan fingerprint density at radius 3 is 2.79 bits per heavy atom. The third kappa shape index (κ3) is 4.42. The van der Waals surface area contributed by atoms with E-state index in [4.69, 9.17) is 4.74 Å². The van der Waals surface area contributed by atoms with E-state index in [1.807, 2.05) is 13.0 Å². The lowest BCUT2D eigenvalue weighted by Crippen LogP contribution is -2.45. The van der Waals surface area contributed by atoms with Crippen molar-refractivity contribution in [2.45, 2.75) is 38.5 Å². The van der Waals surface area contributed by atoms with E-state index in [2.05, 4.69) is 25.3 Å². The van der Waals surface area contributed by atoms with E-state index in [0.29, 0.717) is 23.5 Å². The lowest BCUT2D eigenvalue weighted by Gasteiger charge is -2.33. The van der Waals surface area contributed by atoms with Crippen molar-refractivity contribution in [3.63, 3.8) is 0 Å². The number of fused-ring (bicyclic) bond motifs is 1. The number of esters is 1. The minimum atomic E-state index is -0.651. The summed E-state index contributed by atoms with van der Waals surface area (Å²) in [6, 6.07) is 7.09. The van der Waals surface area contributed by atoms with Crippen molar-refractivity contribution in [1.82, 2.24) is 30.0 Å². The van der Waals surface area contributed by atoms with Crippen LogP contribution in [0.15, 0.2) is 43.1 Å². The summed E-state index contributed by atoms with van der Waals surface area (Å²) in [5.74, 6) is 0.144. The number of benzene rings is 1. The maximum atomic E-state index is 12.6.